The third-order valence-electron chi connectivity index (χ3n) is 7.70. The Balaban J connectivity index is 1.57. The Bertz CT molecular complexity index is 1810. The molecule has 4 aromatic rings. The van der Waals surface area contributed by atoms with Crippen LogP contribution in [0.1, 0.15) is 57.4 Å². The predicted molar refractivity (Wildman–Crippen MR) is 144 cm³/mol. The number of amides is 1. The summed E-state index contributed by atoms with van der Waals surface area (Å²) < 4.78 is 14.5. The first kappa shape index (κ1) is 25.8. The topological polar surface area (TPSA) is 140 Å². The Hall–Kier alpha value is -5.41. The lowest BCUT2D eigenvalue weighted by molar-refractivity contribution is -0.123. The van der Waals surface area contributed by atoms with Crippen molar-refractivity contribution in [3.63, 3.8) is 0 Å². The van der Waals surface area contributed by atoms with Gasteiger partial charge >= 0.3 is 0 Å². The standard InChI is InChI=1S/C32H19FN2O6/c33-23-15-7-5-13-21(23)25(36)22-14-6-8-16-24(22)35-30(41)31-26(37)17-9-1-3-11-19(17)28(39)32(31,34)29(40)20-12-4-2-10-18(20)27(31)38/h1-16H,34H2,(H,35,41). The quantitative estimate of drug-likeness (QED) is 0.293. The van der Waals surface area contributed by atoms with Gasteiger partial charge in [-0.1, -0.05) is 72.8 Å². The van der Waals surface area contributed by atoms with Gasteiger partial charge in [0.25, 0.3) is 0 Å². The van der Waals surface area contributed by atoms with Crippen molar-refractivity contribution in [3.8, 4) is 0 Å². The summed E-state index contributed by atoms with van der Waals surface area (Å²) in [6.07, 6.45) is 0. The van der Waals surface area contributed by atoms with Crippen molar-refractivity contribution in [1.29, 1.82) is 0 Å². The van der Waals surface area contributed by atoms with E-state index in [0.717, 1.165) is 6.07 Å². The fourth-order valence-electron chi connectivity index (χ4n) is 5.67. The van der Waals surface area contributed by atoms with Crippen molar-refractivity contribution in [3.05, 3.63) is 136 Å². The van der Waals surface area contributed by atoms with Gasteiger partial charge < -0.3 is 11.1 Å². The summed E-state index contributed by atoms with van der Waals surface area (Å²) in [6.45, 7) is 0. The summed E-state index contributed by atoms with van der Waals surface area (Å²) in [6, 6.07) is 21.8. The van der Waals surface area contributed by atoms with Gasteiger partial charge in [0.05, 0.1) is 11.3 Å². The van der Waals surface area contributed by atoms with E-state index in [2.05, 4.69) is 5.32 Å². The van der Waals surface area contributed by atoms with E-state index in [1.54, 1.807) is 0 Å². The fraction of sp³-hybridized carbons (Fsp3) is 0.0625. The van der Waals surface area contributed by atoms with Gasteiger partial charge in [0.15, 0.2) is 34.5 Å². The number of hydrogen-bond donors (Lipinski definition) is 2. The van der Waals surface area contributed by atoms with Crippen LogP contribution in [-0.4, -0.2) is 40.4 Å². The molecule has 0 bridgehead atoms. The Kier molecular flexibility index (Phi) is 5.72. The summed E-state index contributed by atoms with van der Waals surface area (Å²) in [5, 5.41) is 2.42. The molecule has 200 valence electrons. The van der Waals surface area contributed by atoms with E-state index in [1.807, 2.05) is 0 Å². The molecule has 8 nitrogen and oxygen atoms in total. The maximum atomic E-state index is 14.5. The maximum Gasteiger partial charge on any atom is 0.249 e. The molecule has 0 fully saturated rings. The van der Waals surface area contributed by atoms with E-state index in [4.69, 9.17) is 5.73 Å². The molecule has 1 amide bonds. The highest BCUT2D eigenvalue weighted by molar-refractivity contribution is 6.49. The van der Waals surface area contributed by atoms with E-state index in [-0.39, 0.29) is 39.1 Å². The monoisotopic (exact) mass is 546 g/mol. The zero-order valence-electron chi connectivity index (χ0n) is 21.1. The van der Waals surface area contributed by atoms with Gasteiger partial charge in [-0.05, 0) is 24.3 Å². The molecule has 2 aliphatic carbocycles. The van der Waals surface area contributed by atoms with Crippen molar-refractivity contribution < 1.29 is 33.2 Å². The number of hydrogen-bond acceptors (Lipinski definition) is 7. The smallest absolute Gasteiger partial charge is 0.249 e. The lowest BCUT2D eigenvalue weighted by atomic mass is 9.50. The van der Waals surface area contributed by atoms with Gasteiger partial charge in [-0.3, -0.25) is 28.8 Å². The second kappa shape index (κ2) is 9.07. The summed E-state index contributed by atoms with van der Waals surface area (Å²) in [7, 11) is 0. The number of rotatable bonds is 4. The van der Waals surface area contributed by atoms with Crippen LogP contribution in [0.15, 0.2) is 97.1 Å². The first-order chi connectivity index (χ1) is 19.7. The molecule has 9 heteroatoms. The van der Waals surface area contributed by atoms with E-state index in [1.165, 1.54) is 91.0 Å². The fourth-order valence-corrected chi connectivity index (χ4v) is 5.67. The SMILES string of the molecule is NC12C(=O)c3ccccc3C(=O)C1(C(=O)Nc1ccccc1C(=O)c1ccccc1F)C(=O)c1ccccc1C2=O. The molecule has 6 rings (SSSR count). The van der Waals surface area contributed by atoms with Crippen LogP contribution in [0, 0.1) is 11.2 Å². The van der Waals surface area contributed by atoms with Crippen LogP contribution in [-0.2, 0) is 4.79 Å². The second-order valence-corrected chi connectivity index (χ2v) is 9.77. The van der Waals surface area contributed by atoms with Gasteiger partial charge in [0.2, 0.25) is 11.3 Å². The number of carbonyl (C=O) groups excluding carboxylic acids is 6. The zero-order valence-corrected chi connectivity index (χ0v) is 21.1. The van der Waals surface area contributed by atoms with Crippen LogP contribution >= 0.6 is 0 Å². The summed E-state index contributed by atoms with van der Waals surface area (Å²) in [5.41, 5.74) is -0.906. The lowest BCUT2D eigenvalue weighted by Crippen LogP contribution is -2.78. The average molecular weight is 547 g/mol. The molecule has 41 heavy (non-hydrogen) atoms. The molecule has 4 aromatic carbocycles. The molecule has 0 saturated heterocycles. The van der Waals surface area contributed by atoms with E-state index in [0.29, 0.717) is 0 Å². The highest BCUT2D eigenvalue weighted by atomic mass is 19.1. The molecular formula is C32H19FN2O6. The van der Waals surface area contributed by atoms with Gasteiger partial charge in [-0.25, -0.2) is 4.39 Å². The minimum atomic E-state index is -3.03. The number of fused-ring (bicyclic) bond motifs is 3. The van der Waals surface area contributed by atoms with Crippen molar-refractivity contribution in [2.45, 2.75) is 5.54 Å². The number of para-hydroxylation sites is 1. The first-order valence-electron chi connectivity index (χ1n) is 12.5. The largest absolute Gasteiger partial charge is 0.324 e. The number of carbonyl (C=O) groups is 6. The Morgan fingerprint density at radius 2 is 1.00 bits per heavy atom. The third-order valence-corrected chi connectivity index (χ3v) is 7.70. The molecule has 0 atom stereocenters. The first-order valence-corrected chi connectivity index (χ1v) is 12.5. The number of ketones is 5. The third kappa shape index (κ3) is 3.30. The van der Waals surface area contributed by atoms with Crippen LogP contribution in [0.25, 0.3) is 0 Å². The molecular weight excluding hydrogens is 527 g/mol. The van der Waals surface area contributed by atoms with Gasteiger partial charge in [0, 0.05) is 27.8 Å². The highest BCUT2D eigenvalue weighted by Gasteiger charge is 2.76. The number of nitrogens with one attached hydrogen (secondary N) is 1. The second-order valence-electron chi connectivity index (χ2n) is 9.77. The number of nitrogens with two attached hydrogens (primary N) is 1. The predicted octanol–water partition coefficient (Wildman–Crippen LogP) is 3.84. The van der Waals surface area contributed by atoms with Crippen LogP contribution in [0.5, 0.6) is 0 Å². The Labute approximate surface area is 232 Å². The molecule has 0 heterocycles. The number of benzene rings is 4. The normalized spacial score (nSPS) is 21.0. The van der Waals surface area contributed by atoms with Crippen molar-refractivity contribution in [1.82, 2.24) is 0 Å². The Morgan fingerprint density at radius 1 is 0.585 bits per heavy atom. The molecule has 0 spiro atoms. The zero-order chi connectivity index (χ0) is 29.1. The number of anilines is 1. The number of Topliss-reactive ketones (excluding diaryl/α,β-unsaturated/α-hetero) is 4. The summed E-state index contributed by atoms with van der Waals surface area (Å²) in [4.78, 5) is 83.9. The minimum absolute atomic E-state index is 0.157. The lowest BCUT2D eigenvalue weighted by Gasteiger charge is -2.48. The molecule has 2 aliphatic rings. The van der Waals surface area contributed by atoms with Crippen LogP contribution < -0.4 is 11.1 Å². The van der Waals surface area contributed by atoms with Crippen molar-refractivity contribution in [2.75, 3.05) is 5.32 Å². The minimum Gasteiger partial charge on any atom is -0.324 e. The molecule has 0 saturated carbocycles. The summed E-state index contributed by atoms with van der Waals surface area (Å²) >= 11 is 0. The average Bonchev–Trinajstić information content (AvgIpc) is 2.99. The van der Waals surface area contributed by atoms with E-state index >= 15 is 0 Å². The van der Waals surface area contributed by atoms with E-state index in [9.17, 15) is 33.2 Å². The van der Waals surface area contributed by atoms with Crippen LogP contribution in [0.4, 0.5) is 10.1 Å². The molecule has 0 aliphatic heterocycles. The molecule has 3 N–H and O–H groups in total. The van der Waals surface area contributed by atoms with Crippen molar-refractivity contribution in [2.24, 2.45) is 11.1 Å². The van der Waals surface area contributed by atoms with Gasteiger partial charge in [0.1, 0.15) is 5.82 Å². The van der Waals surface area contributed by atoms with E-state index < -0.39 is 51.6 Å². The highest BCUT2D eigenvalue weighted by Crippen LogP contribution is 2.50. The molecule has 0 aromatic heterocycles. The van der Waals surface area contributed by atoms with Crippen LogP contribution in [0.2, 0.25) is 0 Å². The summed E-state index contributed by atoms with van der Waals surface area (Å²) in [5.74, 6) is -7.33. The number of halogens is 1. The molecule has 0 radical (unpaired) electrons. The van der Waals surface area contributed by atoms with Crippen LogP contribution in [0.3, 0.4) is 0 Å². The van der Waals surface area contributed by atoms with Gasteiger partial charge in [-0.15, -0.1) is 0 Å². The van der Waals surface area contributed by atoms with Gasteiger partial charge in [-0.2, -0.15) is 0 Å². The Morgan fingerprint density at radius 3 is 1.51 bits per heavy atom. The van der Waals surface area contributed by atoms with Crippen molar-refractivity contribution >= 4 is 40.5 Å². The molecule has 0 unspecified atom stereocenters. The maximum absolute atomic E-state index is 14.5.